The number of aryl methyl sites for hydroxylation is 1. The van der Waals surface area contributed by atoms with Crippen LogP contribution >= 0.6 is 11.3 Å². The van der Waals surface area contributed by atoms with E-state index in [0.29, 0.717) is 21.5 Å². The summed E-state index contributed by atoms with van der Waals surface area (Å²) in [4.78, 5) is 18.6. The van der Waals surface area contributed by atoms with Crippen molar-refractivity contribution in [3.05, 3.63) is 57.0 Å². The number of hydrogen-bond acceptors (Lipinski definition) is 8. The van der Waals surface area contributed by atoms with Gasteiger partial charge in [0.25, 0.3) is 0 Å². The van der Waals surface area contributed by atoms with E-state index < -0.39 is 4.92 Å². The average Bonchev–Trinajstić information content (AvgIpc) is 3.14. The van der Waals surface area contributed by atoms with Crippen molar-refractivity contribution >= 4 is 28.5 Å². The number of hydrogen-bond donors (Lipinski definition) is 1. The lowest BCUT2D eigenvalue weighted by atomic mass is 10.2. The highest BCUT2D eigenvalue weighted by Gasteiger charge is 2.19. The number of phenols is 1. The van der Waals surface area contributed by atoms with Gasteiger partial charge in [0.15, 0.2) is 10.8 Å². The summed E-state index contributed by atoms with van der Waals surface area (Å²) in [5.41, 5.74) is 0.565. The Hall–Kier alpha value is -3.14. The van der Waals surface area contributed by atoms with Crippen LogP contribution in [0, 0.1) is 17.0 Å². The number of aliphatic imine (C=N–C) groups is 1. The van der Waals surface area contributed by atoms with Gasteiger partial charge in [-0.15, -0.1) is 10.2 Å². The predicted octanol–water partition coefficient (Wildman–Crippen LogP) is 2.46. The fourth-order valence-corrected chi connectivity index (χ4v) is 2.69. The minimum Gasteiger partial charge on any atom is -0.507 e. The van der Waals surface area contributed by atoms with Crippen molar-refractivity contribution in [3.63, 3.8) is 0 Å². The first-order valence-electron chi connectivity index (χ1n) is 6.85. The molecule has 0 aliphatic carbocycles. The first-order chi connectivity index (χ1) is 11.5. The van der Waals surface area contributed by atoms with E-state index in [0.717, 1.165) is 0 Å². The summed E-state index contributed by atoms with van der Waals surface area (Å²) < 4.78 is 1.46. The molecule has 0 bridgehead atoms. The molecule has 0 unspecified atom stereocenters. The first kappa shape index (κ1) is 15.7. The van der Waals surface area contributed by atoms with Crippen molar-refractivity contribution < 1.29 is 10.0 Å². The number of nitro groups is 1. The molecular formula is C14H12N6O3S. The Morgan fingerprint density at radius 1 is 1.42 bits per heavy atom. The van der Waals surface area contributed by atoms with Crippen LogP contribution in [0.25, 0.3) is 0 Å². The predicted molar refractivity (Wildman–Crippen MR) is 88.0 cm³/mol. The molecule has 24 heavy (non-hydrogen) atoms. The van der Waals surface area contributed by atoms with Crippen LogP contribution in [0.15, 0.2) is 35.5 Å². The molecule has 10 heteroatoms. The van der Waals surface area contributed by atoms with Crippen LogP contribution in [0.1, 0.15) is 16.4 Å². The molecule has 0 spiro atoms. The topological polar surface area (TPSA) is 119 Å². The molecule has 3 rings (SSSR count). The molecule has 0 saturated heterocycles. The zero-order valence-corrected chi connectivity index (χ0v) is 13.3. The molecule has 0 fully saturated rings. The number of nitrogens with zero attached hydrogens (tertiary/aromatic N) is 6. The highest BCUT2D eigenvalue weighted by Crippen LogP contribution is 2.23. The van der Waals surface area contributed by atoms with E-state index in [1.807, 2.05) is 0 Å². The second-order valence-electron chi connectivity index (χ2n) is 4.80. The fourth-order valence-electron chi connectivity index (χ4n) is 2.01. The zero-order chi connectivity index (χ0) is 17.1. The fraction of sp³-hybridized carbons (Fsp3) is 0.143. The third-order valence-corrected chi connectivity index (χ3v) is 4.04. The summed E-state index contributed by atoms with van der Waals surface area (Å²) >= 11 is 1.21. The zero-order valence-electron chi connectivity index (χ0n) is 12.5. The maximum Gasteiger partial charge on any atom is 0.343 e. The van der Waals surface area contributed by atoms with Crippen molar-refractivity contribution in [2.45, 2.75) is 13.5 Å². The molecular weight excluding hydrogens is 332 g/mol. The smallest absolute Gasteiger partial charge is 0.343 e. The van der Waals surface area contributed by atoms with Gasteiger partial charge in [0.2, 0.25) is 5.13 Å². The molecule has 3 aromatic rings. The van der Waals surface area contributed by atoms with Crippen LogP contribution in [0.2, 0.25) is 0 Å². The molecule has 0 atom stereocenters. The summed E-state index contributed by atoms with van der Waals surface area (Å²) in [5, 5.41) is 29.6. The van der Waals surface area contributed by atoms with Crippen molar-refractivity contribution in [3.8, 4) is 5.75 Å². The number of benzene rings is 1. The van der Waals surface area contributed by atoms with Crippen LogP contribution in [0.5, 0.6) is 5.75 Å². The summed E-state index contributed by atoms with van der Waals surface area (Å²) in [6.07, 6.45) is 2.71. The molecule has 0 radical (unpaired) electrons. The Labute approximate surface area is 140 Å². The van der Waals surface area contributed by atoms with Gasteiger partial charge in [-0.05, 0) is 17.1 Å². The van der Waals surface area contributed by atoms with Crippen molar-refractivity contribution in [1.82, 2.24) is 19.7 Å². The maximum absolute atomic E-state index is 11.0. The second kappa shape index (κ2) is 6.54. The third-order valence-electron chi connectivity index (χ3n) is 3.22. The Balaban J connectivity index is 1.78. The van der Waals surface area contributed by atoms with E-state index in [9.17, 15) is 15.2 Å². The number of aromatic nitrogens is 4. The minimum atomic E-state index is -0.488. The van der Waals surface area contributed by atoms with Gasteiger partial charge in [0, 0.05) is 18.7 Å². The third kappa shape index (κ3) is 3.27. The van der Waals surface area contributed by atoms with Crippen LogP contribution in [-0.4, -0.2) is 36.0 Å². The standard InChI is InChI=1S/C14H12N6O3S/c1-9-15-7-13(20(22)23)19(9)8-12-17-18-14(24-12)16-6-10-4-2-3-5-11(10)21/h2-7,21H,8H2,1H3. The van der Waals surface area contributed by atoms with Gasteiger partial charge in [-0.25, -0.2) is 14.5 Å². The van der Waals surface area contributed by atoms with Crippen molar-refractivity contribution in [2.24, 2.45) is 4.99 Å². The average molecular weight is 344 g/mol. The molecule has 1 aromatic carbocycles. The first-order valence-corrected chi connectivity index (χ1v) is 7.67. The van der Waals surface area contributed by atoms with E-state index in [2.05, 4.69) is 20.2 Å². The monoisotopic (exact) mass is 344 g/mol. The summed E-state index contributed by atoms with van der Waals surface area (Å²) in [5.74, 6) is 0.550. The van der Waals surface area contributed by atoms with Gasteiger partial charge in [0.1, 0.15) is 18.5 Å². The van der Waals surface area contributed by atoms with Gasteiger partial charge in [0.05, 0.1) is 0 Å². The summed E-state index contributed by atoms with van der Waals surface area (Å²) in [7, 11) is 0. The van der Waals surface area contributed by atoms with E-state index in [-0.39, 0.29) is 18.1 Å². The van der Waals surface area contributed by atoms with Gasteiger partial charge in [-0.3, -0.25) is 0 Å². The second-order valence-corrected chi connectivity index (χ2v) is 5.84. The largest absolute Gasteiger partial charge is 0.507 e. The number of imidazole rings is 1. The number of para-hydroxylation sites is 1. The van der Waals surface area contributed by atoms with Gasteiger partial charge < -0.3 is 15.2 Å². The Morgan fingerprint density at radius 3 is 2.96 bits per heavy atom. The highest BCUT2D eigenvalue weighted by molar-refractivity contribution is 7.14. The van der Waals surface area contributed by atoms with E-state index in [1.165, 1.54) is 28.3 Å². The Kier molecular flexibility index (Phi) is 4.29. The maximum atomic E-state index is 11.0. The minimum absolute atomic E-state index is 0.0954. The molecule has 1 N–H and O–H groups in total. The lowest BCUT2D eigenvalue weighted by Crippen LogP contribution is -2.05. The molecule has 2 heterocycles. The summed E-state index contributed by atoms with van der Waals surface area (Å²) in [6, 6.07) is 6.79. The SMILES string of the molecule is Cc1ncc([N+](=O)[O-])n1Cc1nnc(N=Cc2ccccc2O)s1. The normalized spacial score (nSPS) is 11.2. The van der Waals surface area contributed by atoms with Gasteiger partial charge in [-0.2, -0.15) is 0 Å². The molecule has 122 valence electrons. The molecule has 9 nitrogen and oxygen atoms in total. The lowest BCUT2D eigenvalue weighted by Gasteiger charge is -1.99. The van der Waals surface area contributed by atoms with Crippen LogP contribution in [0.3, 0.4) is 0 Å². The Morgan fingerprint density at radius 2 is 2.21 bits per heavy atom. The highest BCUT2D eigenvalue weighted by atomic mass is 32.1. The van der Waals surface area contributed by atoms with E-state index >= 15 is 0 Å². The van der Waals surface area contributed by atoms with E-state index in [1.54, 1.807) is 31.2 Å². The number of aromatic hydroxyl groups is 1. The number of rotatable bonds is 5. The molecule has 0 amide bonds. The van der Waals surface area contributed by atoms with Crippen molar-refractivity contribution in [1.29, 1.82) is 0 Å². The molecule has 2 aromatic heterocycles. The summed E-state index contributed by atoms with van der Waals surface area (Å²) in [6.45, 7) is 1.89. The van der Waals surface area contributed by atoms with Crippen LogP contribution in [-0.2, 0) is 6.54 Å². The lowest BCUT2D eigenvalue weighted by molar-refractivity contribution is -0.392. The van der Waals surface area contributed by atoms with Gasteiger partial charge in [-0.1, -0.05) is 23.5 Å². The quantitative estimate of drug-likeness (QED) is 0.431. The van der Waals surface area contributed by atoms with Gasteiger partial charge >= 0.3 is 5.82 Å². The molecule has 0 aliphatic heterocycles. The number of phenolic OH excluding ortho intramolecular Hbond substituents is 1. The van der Waals surface area contributed by atoms with Crippen molar-refractivity contribution in [2.75, 3.05) is 0 Å². The molecule has 0 aliphatic rings. The van der Waals surface area contributed by atoms with Crippen LogP contribution < -0.4 is 0 Å². The Bertz CT molecular complexity index is 917. The molecule has 0 saturated carbocycles. The van der Waals surface area contributed by atoms with E-state index in [4.69, 9.17) is 0 Å². The van der Waals surface area contributed by atoms with Crippen LogP contribution in [0.4, 0.5) is 10.9 Å².